The van der Waals surface area contributed by atoms with Crippen LogP contribution in [0.2, 0.25) is 0 Å². The third kappa shape index (κ3) is 4.76. The van der Waals surface area contributed by atoms with E-state index in [4.69, 9.17) is 4.98 Å². The van der Waals surface area contributed by atoms with Gasteiger partial charge in [0, 0.05) is 24.3 Å². The van der Waals surface area contributed by atoms with E-state index in [-0.39, 0.29) is 0 Å². The van der Waals surface area contributed by atoms with Crippen LogP contribution in [0.4, 0.5) is 0 Å². The van der Waals surface area contributed by atoms with Crippen LogP contribution in [-0.2, 0) is 25.9 Å². The van der Waals surface area contributed by atoms with Gasteiger partial charge in [-0.1, -0.05) is 56.3 Å². The molecule has 0 radical (unpaired) electrons. The van der Waals surface area contributed by atoms with Crippen molar-refractivity contribution in [2.75, 3.05) is 7.05 Å². The lowest BCUT2D eigenvalue weighted by Gasteiger charge is -2.22. The van der Waals surface area contributed by atoms with Crippen molar-refractivity contribution in [1.29, 1.82) is 0 Å². The predicted octanol–water partition coefficient (Wildman–Crippen LogP) is 6.43. The maximum atomic E-state index is 5.07. The lowest BCUT2D eigenvalue weighted by Crippen LogP contribution is -2.19. The highest BCUT2D eigenvalue weighted by Gasteiger charge is 2.15. The Labute approximate surface area is 176 Å². The minimum Gasteiger partial charge on any atom is -0.298 e. The molecule has 2 nitrogen and oxygen atoms in total. The Morgan fingerprint density at radius 3 is 1.97 bits per heavy atom. The van der Waals surface area contributed by atoms with Gasteiger partial charge in [-0.05, 0) is 80.1 Å². The zero-order valence-electron chi connectivity index (χ0n) is 18.8. The molecule has 0 amide bonds. The fourth-order valence-corrected chi connectivity index (χ4v) is 4.20. The van der Waals surface area contributed by atoms with Gasteiger partial charge in [0.05, 0.1) is 5.69 Å². The van der Waals surface area contributed by atoms with E-state index in [0.29, 0.717) is 0 Å². The van der Waals surface area contributed by atoms with Crippen LogP contribution in [0.5, 0.6) is 0 Å². The zero-order chi connectivity index (χ0) is 21.0. The first-order valence-corrected chi connectivity index (χ1v) is 10.8. The quantitative estimate of drug-likeness (QED) is 0.465. The molecule has 2 heteroatoms. The number of hydrogen-bond donors (Lipinski definition) is 0. The van der Waals surface area contributed by atoms with Crippen LogP contribution in [0.25, 0.3) is 11.3 Å². The number of benzene rings is 2. The Balaban J connectivity index is 1.90. The van der Waals surface area contributed by atoms with E-state index < -0.39 is 0 Å². The monoisotopic (exact) mass is 386 g/mol. The molecule has 3 aromatic rings. The second-order valence-electron chi connectivity index (χ2n) is 8.15. The first-order chi connectivity index (χ1) is 13.9. The van der Waals surface area contributed by atoms with Crippen molar-refractivity contribution < 1.29 is 0 Å². The fourth-order valence-electron chi connectivity index (χ4n) is 4.20. The molecule has 0 saturated heterocycles. The van der Waals surface area contributed by atoms with E-state index >= 15 is 0 Å². The summed E-state index contributed by atoms with van der Waals surface area (Å²) in [7, 11) is 2.20. The highest BCUT2D eigenvalue weighted by molar-refractivity contribution is 5.69. The summed E-state index contributed by atoms with van der Waals surface area (Å²) < 4.78 is 0. The summed E-state index contributed by atoms with van der Waals surface area (Å²) in [5.41, 5.74) is 11.8. The standard InChI is InChI=1S/C27H34N2/c1-7-22-14-11-15-23(8-2)27(22)26-16-20(4)25(21(5)28-26)18-29(6)17-24-13-10-9-12-19(24)3/h9-16H,7-8,17-18H2,1-6H3. The number of rotatable bonds is 7. The summed E-state index contributed by atoms with van der Waals surface area (Å²) in [6.07, 6.45) is 2.06. The maximum absolute atomic E-state index is 5.07. The summed E-state index contributed by atoms with van der Waals surface area (Å²) in [4.78, 5) is 7.46. The van der Waals surface area contributed by atoms with E-state index in [1.54, 1.807) is 0 Å². The Morgan fingerprint density at radius 2 is 1.38 bits per heavy atom. The van der Waals surface area contributed by atoms with Crippen molar-refractivity contribution in [3.8, 4) is 11.3 Å². The number of aromatic nitrogens is 1. The number of pyridine rings is 1. The number of hydrogen-bond acceptors (Lipinski definition) is 2. The molecule has 2 aromatic carbocycles. The van der Waals surface area contributed by atoms with Gasteiger partial charge in [-0.3, -0.25) is 9.88 Å². The Kier molecular flexibility index (Phi) is 6.87. The van der Waals surface area contributed by atoms with Gasteiger partial charge in [-0.25, -0.2) is 0 Å². The summed E-state index contributed by atoms with van der Waals surface area (Å²) in [6, 6.07) is 17.6. The number of aryl methyl sites for hydroxylation is 5. The van der Waals surface area contributed by atoms with Crippen LogP contribution in [0.3, 0.4) is 0 Å². The van der Waals surface area contributed by atoms with Crippen molar-refractivity contribution in [3.63, 3.8) is 0 Å². The van der Waals surface area contributed by atoms with E-state index in [2.05, 4.69) is 95.1 Å². The van der Waals surface area contributed by atoms with Crippen LogP contribution in [0, 0.1) is 20.8 Å². The van der Waals surface area contributed by atoms with Crippen LogP contribution in [-0.4, -0.2) is 16.9 Å². The molecule has 0 aliphatic heterocycles. The average molecular weight is 387 g/mol. The van der Waals surface area contributed by atoms with Crippen molar-refractivity contribution in [2.24, 2.45) is 0 Å². The van der Waals surface area contributed by atoms with E-state index in [0.717, 1.165) is 37.3 Å². The topological polar surface area (TPSA) is 16.1 Å². The fraction of sp³-hybridized carbons (Fsp3) is 0.370. The lowest BCUT2D eigenvalue weighted by atomic mass is 9.93. The van der Waals surface area contributed by atoms with Gasteiger partial charge in [0.1, 0.15) is 0 Å². The summed E-state index contributed by atoms with van der Waals surface area (Å²) in [5.74, 6) is 0. The molecule has 0 bridgehead atoms. The minimum atomic E-state index is 0.912. The summed E-state index contributed by atoms with van der Waals surface area (Å²) in [5, 5.41) is 0. The number of nitrogens with zero attached hydrogens (tertiary/aromatic N) is 2. The molecular weight excluding hydrogens is 352 g/mol. The first kappa shape index (κ1) is 21.3. The molecule has 152 valence electrons. The molecule has 0 aliphatic rings. The molecule has 0 atom stereocenters. The molecule has 0 N–H and O–H groups in total. The molecule has 3 rings (SSSR count). The molecule has 0 spiro atoms. The van der Waals surface area contributed by atoms with Crippen molar-refractivity contribution in [2.45, 2.75) is 60.5 Å². The SMILES string of the molecule is CCc1cccc(CC)c1-c1cc(C)c(CN(C)Cc2ccccc2C)c(C)n1. The van der Waals surface area contributed by atoms with Gasteiger partial charge < -0.3 is 0 Å². The molecule has 1 heterocycles. The van der Waals surface area contributed by atoms with Gasteiger partial charge in [0.25, 0.3) is 0 Å². The molecule has 29 heavy (non-hydrogen) atoms. The normalized spacial score (nSPS) is 11.3. The average Bonchev–Trinajstić information content (AvgIpc) is 2.71. The van der Waals surface area contributed by atoms with Crippen molar-refractivity contribution in [3.05, 3.63) is 87.6 Å². The third-order valence-corrected chi connectivity index (χ3v) is 5.94. The molecular formula is C27H34N2. The first-order valence-electron chi connectivity index (χ1n) is 10.8. The molecule has 0 saturated carbocycles. The van der Waals surface area contributed by atoms with Gasteiger partial charge in [-0.15, -0.1) is 0 Å². The largest absolute Gasteiger partial charge is 0.298 e. The smallest absolute Gasteiger partial charge is 0.0713 e. The van der Waals surface area contributed by atoms with Crippen molar-refractivity contribution in [1.82, 2.24) is 9.88 Å². The van der Waals surface area contributed by atoms with E-state index in [9.17, 15) is 0 Å². The Hall–Kier alpha value is -2.45. The van der Waals surface area contributed by atoms with Crippen LogP contribution in [0.1, 0.15) is 52.9 Å². The van der Waals surface area contributed by atoms with E-state index in [1.807, 2.05) is 0 Å². The second-order valence-corrected chi connectivity index (χ2v) is 8.15. The van der Waals surface area contributed by atoms with Gasteiger partial charge in [-0.2, -0.15) is 0 Å². The maximum Gasteiger partial charge on any atom is 0.0713 e. The van der Waals surface area contributed by atoms with Gasteiger partial charge in [0.2, 0.25) is 0 Å². The Morgan fingerprint density at radius 1 is 0.759 bits per heavy atom. The third-order valence-electron chi connectivity index (χ3n) is 5.94. The molecule has 1 aromatic heterocycles. The predicted molar refractivity (Wildman–Crippen MR) is 124 cm³/mol. The lowest BCUT2D eigenvalue weighted by molar-refractivity contribution is 0.316. The Bertz CT molecular complexity index is 942. The van der Waals surface area contributed by atoms with Crippen LogP contribution in [0.15, 0.2) is 48.5 Å². The molecule has 0 aliphatic carbocycles. The van der Waals surface area contributed by atoms with Gasteiger partial charge in [0.15, 0.2) is 0 Å². The van der Waals surface area contributed by atoms with Crippen LogP contribution >= 0.6 is 0 Å². The second kappa shape index (κ2) is 9.37. The highest BCUT2D eigenvalue weighted by atomic mass is 15.1. The minimum absolute atomic E-state index is 0.912. The van der Waals surface area contributed by atoms with Gasteiger partial charge >= 0.3 is 0 Å². The highest BCUT2D eigenvalue weighted by Crippen LogP contribution is 2.30. The van der Waals surface area contributed by atoms with Crippen LogP contribution < -0.4 is 0 Å². The van der Waals surface area contributed by atoms with E-state index in [1.165, 1.54) is 38.9 Å². The summed E-state index contributed by atoms with van der Waals surface area (Å²) in [6.45, 7) is 12.9. The molecule has 0 fully saturated rings. The molecule has 0 unspecified atom stereocenters. The van der Waals surface area contributed by atoms with Crippen molar-refractivity contribution >= 4 is 0 Å². The summed E-state index contributed by atoms with van der Waals surface area (Å²) >= 11 is 0. The zero-order valence-corrected chi connectivity index (χ0v) is 18.8.